The lowest BCUT2D eigenvalue weighted by Gasteiger charge is -2.15. The van der Waals surface area contributed by atoms with Gasteiger partial charge in [0.15, 0.2) is 0 Å². The van der Waals surface area contributed by atoms with Gasteiger partial charge < -0.3 is 10.6 Å². The Morgan fingerprint density at radius 3 is 3.00 bits per heavy atom. The van der Waals surface area contributed by atoms with Crippen LogP contribution < -0.4 is 10.6 Å². The van der Waals surface area contributed by atoms with Crippen LogP contribution in [0.25, 0.3) is 0 Å². The molecule has 1 aliphatic rings. The van der Waals surface area contributed by atoms with E-state index in [1.807, 2.05) is 6.92 Å². The molecule has 1 aromatic carbocycles. The van der Waals surface area contributed by atoms with E-state index in [4.69, 9.17) is 11.6 Å². The van der Waals surface area contributed by atoms with Gasteiger partial charge in [0.2, 0.25) is 0 Å². The van der Waals surface area contributed by atoms with Crippen molar-refractivity contribution in [3.05, 3.63) is 46.0 Å². The lowest BCUT2D eigenvalue weighted by atomic mass is 10.1. The molecule has 1 aromatic rings. The number of carbonyl (C=O) groups is 1. The Bertz CT molecular complexity index is 483. The van der Waals surface area contributed by atoms with E-state index in [0.717, 1.165) is 25.1 Å². The van der Waals surface area contributed by atoms with Gasteiger partial charge in [0.1, 0.15) is 0 Å². The van der Waals surface area contributed by atoms with E-state index in [1.54, 1.807) is 18.2 Å². The zero-order chi connectivity index (χ0) is 13.0. The number of halogens is 1. The van der Waals surface area contributed by atoms with E-state index in [1.165, 1.54) is 5.57 Å². The molecule has 0 spiro atoms. The van der Waals surface area contributed by atoms with Crippen LogP contribution in [0.2, 0.25) is 5.02 Å². The summed E-state index contributed by atoms with van der Waals surface area (Å²) in [4.78, 5) is 12.0. The van der Waals surface area contributed by atoms with Gasteiger partial charge in [-0.2, -0.15) is 0 Å². The van der Waals surface area contributed by atoms with Crippen molar-refractivity contribution in [2.45, 2.75) is 13.3 Å². The topological polar surface area (TPSA) is 41.1 Å². The SMILES string of the molecule is Cc1cc(Cl)ccc1C(=O)NCC1=CCNCC1. The normalized spacial score (nSPS) is 15.1. The highest BCUT2D eigenvalue weighted by molar-refractivity contribution is 6.30. The zero-order valence-electron chi connectivity index (χ0n) is 10.4. The van der Waals surface area contributed by atoms with Gasteiger partial charge in [-0.3, -0.25) is 4.79 Å². The lowest BCUT2D eigenvalue weighted by molar-refractivity contribution is 0.0956. The Kier molecular flexibility index (Phi) is 4.39. The van der Waals surface area contributed by atoms with Crippen molar-refractivity contribution in [2.24, 2.45) is 0 Å². The van der Waals surface area contributed by atoms with Crippen LogP contribution in [0.1, 0.15) is 22.3 Å². The summed E-state index contributed by atoms with van der Waals surface area (Å²) in [6, 6.07) is 5.32. The molecule has 96 valence electrons. The molecule has 2 rings (SSSR count). The van der Waals surface area contributed by atoms with Crippen LogP contribution in [0.5, 0.6) is 0 Å². The molecule has 0 atom stereocenters. The minimum absolute atomic E-state index is 0.0383. The monoisotopic (exact) mass is 264 g/mol. The molecule has 0 bridgehead atoms. The average molecular weight is 265 g/mol. The molecule has 18 heavy (non-hydrogen) atoms. The number of hydrogen-bond donors (Lipinski definition) is 2. The Morgan fingerprint density at radius 2 is 2.33 bits per heavy atom. The predicted molar refractivity (Wildman–Crippen MR) is 74.1 cm³/mol. The summed E-state index contributed by atoms with van der Waals surface area (Å²) in [6.45, 7) is 4.40. The Balaban J connectivity index is 1.97. The van der Waals surface area contributed by atoms with Crippen molar-refractivity contribution in [1.29, 1.82) is 0 Å². The highest BCUT2D eigenvalue weighted by Gasteiger charge is 2.10. The molecule has 1 aliphatic heterocycles. The van der Waals surface area contributed by atoms with Crippen LogP contribution in [0.15, 0.2) is 29.8 Å². The van der Waals surface area contributed by atoms with Crippen LogP contribution in [0, 0.1) is 6.92 Å². The Labute approximate surface area is 112 Å². The first-order valence-corrected chi connectivity index (χ1v) is 6.47. The van der Waals surface area contributed by atoms with Gasteiger partial charge in [0.05, 0.1) is 0 Å². The third-order valence-corrected chi connectivity index (χ3v) is 3.30. The van der Waals surface area contributed by atoms with Gasteiger partial charge in [-0.1, -0.05) is 23.3 Å². The van der Waals surface area contributed by atoms with E-state index < -0.39 is 0 Å². The smallest absolute Gasteiger partial charge is 0.251 e. The van der Waals surface area contributed by atoms with Crippen molar-refractivity contribution < 1.29 is 4.79 Å². The van der Waals surface area contributed by atoms with Gasteiger partial charge in [-0.25, -0.2) is 0 Å². The zero-order valence-corrected chi connectivity index (χ0v) is 11.2. The van der Waals surface area contributed by atoms with Crippen LogP contribution in [0.4, 0.5) is 0 Å². The number of nitrogens with one attached hydrogen (secondary N) is 2. The quantitative estimate of drug-likeness (QED) is 0.823. The molecular formula is C14H17ClN2O. The van der Waals surface area contributed by atoms with E-state index >= 15 is 0 Å². The van der Waals surface area contributed by atoms with Crippen molar-refractivity contribution in [3.63, 3.8) is 0 Å². The minimum Gasteiger partial charge on any atom is -0.348 e. The molecule has 2 N–H and O–H groups in total. The summed E-state index contributed by atoms with van der Waals surface area (Å²) >= 11 is 5.87. The second kappa shape index (κ2) is 6.03. The number of amides is 1. The summed E-state index contributed by atoms with van der Waals surface area (Å²) < 4.78 is 0. The maximum absolute atomic E-state index is 12.0. The second-order valence-corrected chi connectivity index (χ2v) is 4.89. The Morgan fingerprint density at radius 1 is 1.50 bits per heavy atom. The molecule has 1 amide bonds. The first-order chi connectivity index (χ1) is 8.66. The number of carbonyl (C=O) groups excluding carboxylic acids is 1. The summed E-state index contributed by atoms with van der Waals surface area (Å²) in [5.74, 6) is -0.0383. The highest BCUT2D eigenvalue weighted by Crippen LogP contribution is 2.15. The lowest BCUT2D eigenvalue weighted by Crippen LogP contribution is -2.30. The summed E-state index contributed by atoms with van der Waals surface area (Å²) in [6.07, 6.45) is 3.14. The molecule has 0 saturated heterocycles. The standard InChI is InChI=1S/C14H17ClN2O/c1-10-8-12(15)2-3-13(10)14(18)17-9-11-4-6-16-7-5-11/h2-4,8,16H,5-7,9H2,1H3,(H,17,18). The fraction of sp³-hybridized carbons (Fsp3) is 0.357. The summed E-state index contributed by atoms with van der Waals surface area (Å²) in [7, 11) is 0. The van der Waals surface area contributed by atoms with Crippen LogP contribution >= 0.6 is 11.6 Å². The predicted octanol–water partition coefficient (Wildman–Crippen LogP) is 2.30. The molecule has 0 unspecified atom stereocenters. The molecule has 3 nitrogen and oxygen atoms in total. The molecule has 0 aliphatic carbocycles. The van der Waals surface area contributed by atoms with Crippen LogP contribution in [0.3, 0.4) is 0 Å². The largest absolute Gasteiger partial charge is 0.348 e. The number of benzene rings is 1. The van der Waals surface area contributed by atoms with Gasteiger partial charge in [0, 0.05) is 23.7 Å². The van der Waals surface area contributed by atoms with E-state index in [2.05, 4.69) is 16.7 Å². The fourth-order valence-corrected chi connectivity index (χ4v) is 2.23. The summed E-state index contributed by atoms with van der Waals surface area (Å²) in [5, 5.41) is 6.85. The maximum Gasteiger partial charge on any atom is 0.251 e. The average Bonchev–Trinajstić information content (AvgIpc) is 2.37. The van der Waals surface area contributed by atoms with Crippen molar-refractivity contribution >= 4 is 17.5 Å². The molecule has 0 aromatic heterocycles. The molecule has 0 fully saturated rings. The first-order valence-electron chi connectivity index (χ1n) is 6.10. The van der Waals surface area contributed by atoms with Gasteiger partial charge >= 0.3 is 0 Å². The van der Waals surface area contributed by atoms with Gasteiger partial charge in [-0.15, -0.1) is 0 Å². The highest BCUT2D eigenvalue weighted by atomic mass is 35.5. The molecule has 1 heterocycles. The minimum atomic E-state index is -0.0383. The van der Waals surface area contributed by atoms with Gasteiger partial charge in [0.25, 0.3) is 5.91 Å². The van der Waals surface area contributed by atoms with Gasteiger partial charge in [-0.05, 0) is 43.7 Å². The maximum atomic E-state index is 12.0. The van der Waals surface area contributed by atoms with E-state index in [0.29, 0.717) is 17.1 Å². The van der Waals surface area contributed by atoms with E-state index in [-0.39, 0.29) is 5.91 Å². The molecular weight excluding hydrogens is 248 g/mol. The van der Waals surface area contributed by atoms with Crippen molar-refractivity contribution in [2.75, 3.05) is 19.6 Å². The molecule has 0 saturated carbocycles. The van der Waals surface area contributed by atoms with Crippen LogP contribution in [-0.4, -0.2) is 25.5 Å². The Hall–Kier alpha value is -1.32. The summed E-state index contributed by atoms with van der Waals surface area (Å²) in [5.41, 5.74) is 2.88. The number of rotatable bonds is 3. The van der Waals surface area contributed by atoms with E-state index in [9.17, 15) is 4.79 Å². The number of hydrogen-bond acceptors (Lipinski definition) is 2. The first kappa shape index (κ1) is 13.1. The number of aryl methyl sites for hydroxylation is 1. The second-order valence-electron chi connectivity index (χ2n) is 4.46. The van der Waals surface area contributed by atoms with Crippen molar-refractivity contribution in [3.8, 4) is 0 Å². The third-order valence-electron chi connectivity index (χ3n) is 3.07. The fourth-order valence-electron chi connectivity index (χ4n) is 2.00. The molecule has 0 radical (unpaired) electrons. The van der Waals surface area contributed by atoms with Crippen molar-refractivity contribution in [1.82, 2.24) is 10.6 Å². The molecule has 4 heteroatoms. The third kappa shape index (κ3) is 3.34. The van der Waals surface area contributed by atoms with Crippen LogP contribution in [-0.2, 0) is 0 Å².